The zero-order valence-electron chi connectivity index (χ0n) is 19.9. The van der Waals surface area contributed by atoms with Crippen LogP contribution in [0.2, 0.25) is 0 Å². The van der Waals surface area contributed by atoms with Crippen LogP contribution >= 0.6 is 0 Å². The third-order valence-corrected chi connectivity index (χ3v) is 6.21. The predicted octanol–water partition coefficient (Wildman–Crippen LogP) is 3.45. The highest BCUT2D eigenvalue weighted by Crippen LogP contribution is 2.25. The van der Waals surface area contributed by atoms with Gasteiger partial charge in [0.25, 0.3) is 5.91 Å². The van der Waals surface area contributed by atoms with E-state index in [1.807, 2.05) is 42.8 Å². The summed E-state index contributed by atoms with van der Waals surface area (Å²) in [6.07, 6.45) is 5.22. The largest absolute Gasteiger partial charge is 0.386 e. The van der Waals surface area contributed by atoms with Crippen molar-refractivity contribution >= 4 is 33.9 Å². The van der Waals surface area contributed by atoms with Gasteiger partial charge >= 0.3 is 0 Å². The molecule has 0 fully saturated rings. The Hall–Kier alpha value is -4.05. The molecule has 0 spiro atoms. The van der Waals surface area contributed by atoms with E-state index >= 15 is 4.39 Å². The van der Waals surface area contributed by atoms with Gasteiger partial charge in [-0.1, -0.05) is 6.07 Å². The van der Waals surface area contributed by atoms with Crippen LogP contribution in [0.1, 0.15) is 48.2 Å². The van der Waals surface area contributed by atoms with E-state index in [9.17, 15) is 9.90 Å². The van der Waals surface area contributed by atoms with Crippen LogP contribution in [0, 0.1) is 12.7 Å². The molecule has 0 atom stereocenters. The van der Waals surface area contributed by atoms with Gasteiger partial charge in [-0.2, -0.15) is 0 Å². The van der Waals surface area contributed by atoms with E-state index in [4.69, 9.17) is 5.73 Å². The summed E-state index contributed by atoms with van der Waals surface area (Å²) in [5, 5.41) is 10.3. The standard InChI is InChI=1S/C25H26FN7O2/c1-5-31(12-16-13-32-11-15(25(3,4)35)6-7-22(32)29-16)24(34)17-8-20-19(9-18(17)26)30-23(27)21-10-28-14(2)33(20)21/h6-11,13,35H,5,12H2,1-4H3,(H2,27,30). The van der Waals surface area contributed by atoms with Gasteiger partial charge in [-0.25, -0.2) is 19.3 Å². The number of nitrogens with two attached hydrogens (primary N) is 1. The molecule has 4 aromatic heterocycles. The van der Waals surface area contributed by atoms with Crippen molar-refractivity contribution in [2.24, 2.45) is 0 Å². The van der Waals surface area contributed by atoms with Crippen LogP contribution < -0.4 is 5.73 Å². The fourth-order valence-electron chi connectivity index (χ4n) is 4.28. The molecular formula is C25H26FN7O2. The molecular weight excluding hydrogens is 449 g/mol. The van der Waals surface area contributed by atoms with Crippen molar-refractivity contribution in [3.8, 4) is 0 Å². The molecule has 4 heterocycles. The number of hydrogen-bond acceptors (Lipinski definition) is 6. The SMILES string of the molecule is CCN(Cc1cn2cc(C(C)(C)O)ccc2n1)C(=O)c1cc2c(cc1F)nc(N)c1cnc(C)n12. The summed E-state index contributed by atoms with van der Waals surface area (Å²) in [5.41, 5.74) is 8.54. The molecule has 3 N–H and O–H groups in total. The molecule has 180 valence electrons. The van der Waals surface area contributed by atoms with Crippen molar-refractivity contribution in [3.63, 3.8) is 0 Å². The molecule has 35 heavy (non-hydrogen) atoms. The van der Waals surface area contributed by atoms with E-state index in [0.29, 0.717) is 40.3 Å². The maximum atomic E-state index is 15.1. The number of rotatable bonds is 5. The van der Waals surface area contributed by atoms with Gasteiger partial charge in [0.1, 0.15) is 28.6 Å². The number of nitrogens with zero attached hydrogens (tertiary/aromatic N) is 6. The first-order chi connectivity index (χ1) is 16.6. The van der Waals surface area contributed by atoms with Gasteiger partial charge in [-0.05, 0) is 45.4 Å². The number of carbonyl (C=O) groups is 1. The number of anilines is 1. The van der Waals surface area contributed by atoms with E-state index < -0.39 is 17.3 Å². The van der Waals surface area contributed by atoms with E-state index in [1.54, 1.807) is 24.4 Å². The number of amides is 1. The number of benzene rings is 1. The molecule has 0 saturated heterocycles. The molecule has 0 aliphatic heterocycles. The topological polar surface area (TPSA) is 114 Å². The minimum Gasteiger partial charge on any atom is -0.386 e. The van der Waals surface area contributed by atoms with Gasteiger partial charge in [0, 0.05) is 25.0 Å². The summed E-state index contributed by atoms with van der Waals surface area (Å²) < 4.78 is 18.7. The van der Waals surface area contributed by atoms with Crippen LogP contribution in [-0.2, 0) is 12.1 Å². The first-order valence-electron chi connectivity index (χ1n) is 11.3. The average molecular weight is 476 g/mol. The lowest BCUT2D eigenvalue weighted by atomic mass is 10.0. The lowest BCUT2D eigenvalue weighted by Crippen LogP contribution is -2.31. The quantitative estimate of drug-likeness (QED) is 0.402. The Balaban J connectivity index is 1.51. The monoisotopic (exact) mass is 475 g/mol. The Morgan fingerprint density at radius 2 is 1.97 bits per heavy atom. The number of nitrogen functional groups attached to an aromatic ring is 1. The van der Waals surface area contributed by atoms with Crippen molar-refractivity contribution in [1.29, 1.82) is 0 Å². The molecule has 1 aromatic carbocycles. The van der Waals surface area contributed by atoms with Gasteiger partial charge in [-0.3, -0.25) is 9.20 Å². The van der Waals surface area contributed by atoms with E-state index in [2.05, 4.69) is 15.0 Å². The minimum absolute atomic E-state index is 0.0617. The summed E-state index contributed by atoms with van der Waals surface area (Å²) in [5.74, 6) is -0.225. The third kappa shape index (κ3) is 3.85. The molecule has 0 bridgehead atoms. The predicted molar refractivity (Wildman–Crippen MR) is 130 cm³/mol. The second-order valence-corrected chi connectivity index (χ2v) is 9.14. The lowest BCUT2D eigenvalue weighted by Gasteiger charge is -2.20. The summed E-state index contributed by atoms with van der Waals surface area (Å²) in [4.78, 5) is 28.1. The molecule has 0 aliphatic rings. The van der Waals surface area contributed by atoms with E-state index in [1.165, 1.54) is 17.0 Å². The number of pyridine rings is 1. The van der Waals surface area contributed by atoms with E-state index in [0.717, 1.165) is 5.56 Å². The molecule has 0 saturated carbocycles. The highest BCUT2D eigenvalue weighted by molar-refractivity contribution is 5.98. The summed E-state index contributed by atoms with van der Waals surface area (Å²) >= 11 is 0. The number of fused-ring (bicyclic) bond motifs is 4. The molecule has 0 unspecified atom stereocenters. The minimum atomic E-state index is -0.990. The zero-order chi connectivity index (χ0) is 25.1. The number of aliphatic hydroxyl groups is 1. The van der Waals surface area contributed by atoms with Crippen LogP contribution in [0.5, 0.6) is 0 Å². The van der Waals surface area contributed by atoms with Crippen LogP contribution in [0.4, 0.5) is 10.2 Å². The summed E-state index contributed by atoms with van der Waals surface area (Å²) in [7, 11) is 0. The van der Waals surface area contributed by atoms with Crippen LogP contribution in [0.15, 0.2) is 42.9 Å². The molecule has 9 nitrogen and oxygen atoms in total. The number of halogens is 1. The Morgan fingerprint density at radius 3 is 2.69 bits per heavy atom. The highest BCUT2D eigenvalue weighted by atomic mass is 19.1. The first kappa shape index (κ1) is 22.7. The average Bonchev–Trinajstić information content (AvgIpc) is 3.39. The number of carbonyl (C=O) groups excluding carboxylic acids is 1. The van der Waals surface area contributed by atoms with Crippen LogP contribution in [0.3, 0.4) is 0 Å². The first-order valence-corrected chi connectivity index (χ1v) is 11.3. The van der Waals surface area contributed by atoms with Crippen molar-refractivity contribution in [2.45, 2.75) is 39.8 Å². The maximum absolute atomic E-state index is 15.1. The van der Waals surface area contributed by atoms with Crippen LogP contribution in [-0.4, -0.2) is 46.2 Å². The molecule has 10 heteroatoms. The van der Waals surface area contributed by atoms with E-state index in [-0.39, 0.29) is 17.9 Å². The fraction of sp³-hybridized carbons (Fsp3) is 0.280. The number of imidazole rings is 2. The second-order valence-electron chi connectivity index (χ2n) is 9.14. The van der Waals surface area contributed by atoms with Gasteiger partial charge in [0.15, 0.2) is 0 Å². The van der Waals surface area contributed by atoms with Gasteiger partial charge in [-0.15, -0.1) is 0 Å². The zero-order valence-corrected chi connectivity index (χ0v) is 19.9. The Bertz CT molecular complexity index is 1610. The van der Waals surface area contributed by atoms with Crippen molar-refractivity contribution in [2.75, 3.05) is 12.3 Å². The molecule has 5 aromatic rings. The van der Waals surface area contributed by atoms with Gasteiger partial charge in [0.2, 0.25) is 0 Å². The maximum Gasteiger partial charge on any atom is 0.257 e. The lowest BCUT2D eigenvalue weighted by molar-refractivity contribution is 0.0745. The molecule has 0 aliphatic carbocycles. The second kappa shape index (κ2) is 8.02. The number of aromatic nitrogens is 5. The third-order valence-electron chi connectivity index (χ3n) is 6.21. The van der Waals surface area contributed by atoms with Crippen molar-refractivity contribution in [1.82, 2.24) is 28.7 Å². The van der Waals surface area contributed by atoms with Crippen molar-refractivity contribution in [3.05, 3.63) is 71.3 Å². The summed E-state index contributed by atoms with van der Waals surface area (Å²) in [6, 6.07) is 6.37. The van der Waals surface area contributed by atoms with Gasteiger partial charge < -0.3 is 20.1 Å². The fourth-order valence-corrected chi connectivity index (χ4v) is 4.28. The Kier molecular flexibility index (Phi) is 5.21. The van der Waals surface area contributed by atoms with Crippen molar-refractivity contribution < 1.29 is 14.3 Å². The highest BCUT2D eigenvalue weighted by Gasteiger charge is 2.23. The summed E-state index contributed by atoms with van der Waals surface area (Å²) in [6.45, 7) is 7.63. The normalized spacial score (nSPS) is 12.2. The van der Waals surface area contributed by atoms with Gasteiger partial charge in [0.05, 0.1) is 40.6 Å². The molecule has 5 rings (SSSR count). The Labute approximate surface area is 200 Å². The van der Waals surface area contributed by atoms with Crippen LogP contribution in [0.25, 0.3) is 22.2 Å². The molecule has 0 radical (unpaired) electrons. The smallest absolute Gasteiger partial charge is 0.257 e. The number of hydrogen-bond donors (Lipinski definition) is 2. The Morgan fingerprint density at radius 1 is 1.20 bits per heavy atom. The number of aryl methyl sites for hydroxylation is 1. The molecule has 1 amide bonds.